The van der Waals surface area contributed by atoms with Crippen LogP contribution in [0.3, 0.4) is 0 Å². The van der Waals surface area contributed by atoms with Crippen LogP contribution in [0.5, 0.6) is 11.5 Å². The number of ether oxygens (including phenoxy) is 2. The lowest BCUT2D eigenvalue weighted by atomic mass is 10.1. The van der Waals surface area contributed by atoms with E-state index in [0.717, 1.165) is 32.4 Å². The number of amides is 2. The smallest absolute Gasteiger partial charge is 0.256 e. The Morgan fingerprint density at radius 2 is 1.75 bits per heavy atom. The summed E-state index contributed by atoms with van der Waals surface area (Å²) in [5.41, 5.74) is 6.24. The molecular weight excluding hydrogens is 310 g/mol. The van der Waals surface area contributed by atoms with Gasteiger partial charge in [0.1, 0.15) is 0 Å². The summed E-state index contributed by atoms with van der Waals surface area (Å²) in [6.07, 6.45) is 3.31. The molecule has 1 aliphatic rings. The van der Waals surface area contributed by atoms with E-state index >= 15 is 0 Å². The lowest BCUT2D eigenvalue weighted by molar-refractivity contribution is -0.116. The third-order valence-electron chi connectivity index (χ3n) is 4.04. The third kappa shape index (κ3) is 4.17. The Kier molecular flexibility index (Phi) is 6.43. The average Bonchev–Trinajstić information content (AvgIpc) is 2.61. The van der Waals surface area contributed by atoms with Gasteiger partial charge in [0.25, 0.3) is 5.91 Å². The second-order valence-corrected chi connectivity index (χ2v) is 5.69. The number of rotatable bonds is 6. The summed E-state index contributed by atoms with van der Waals surface area (Å²) in [5.74, 6) is 0.557. The molecule has 1 saturated heterocycles. The molecule has 0 unspecified atom stereocenters. The molecule has 0 atom stereocenters. The van der Waals surface area contributed by atoms with E-state index in [4.69, 9.17) is 15.2 Å². The molecule has 0 aliphatic carbocycles. The average molecular weight is 335 g/mol. The summed E-state index contributed by atoms with van der Waals surface area (Å²) in [6, 6.07) is 3.23. The van der Waals surface area contributed by atoms with Gasteiger partial charge in [0.15, 0.2) is 11.5 Å². The molecule has 24 heavy (non-hydrogen) atoms. The van der Waals surface area contributed by atoms with E-state index in [9.17, 15) is 9.59 Å². The van der Waals surface area contributed by atoms with E-state index in [-0.39, 0.29) is 24.8 Å². The van der Waals surface area contributed by atoms with E-state index in [1.165, 1.54) is 14.2 Å². The summed E-state index contributed by atoms with van der Waals surface area (Å²) >= 11 is 0. The molecule has 1 aromatic carbocycles. The molecule has 0 radical (unpaired) electrons. The molecule has 3 N–H and O–H groups in total. The van der Waals surface area contributed by atoms with Gasteiger partial charge in [0.2, 0.25) is 5.91 Å². The molecule has 2 rings (SSSR count). The number of carbonyl (C=O) groups excluding carboxylic acids is 2. The lowest BCUT2D eigenvalue weighted by Gasteiger charge is -2.28. The van der Waals surface area contributed by atoms with Crippen LogP contribution >= 0.6 is 0 Å². The molecule has 1 aliphatic heterocycles. The number of benzene rings is 1. The van der Waals surface area contributed by atoms with Crippen molar-refractivity contribution in [3.8, 4) is 11.5 Å². The third-order valence-corrected chi connectivity index (χ3v) is 4.04. The Morgan fingerprint density at radius 1 is 1.12 bits per heavy atom. The van der Waals surface area contributed by atoms with Crippen molar-refractivity contribution < 1.29 is 19.1 Å². The Labute approximate surface area is 142 Å². The minimum absolute atomic E-state index is 0.112. The van der Waals surface area contributed by atoms with E-state index in [1.54, 1.807) is 12.1 Å². The summed E-state index contributed by atoms with van der Waals surface area (Å²) in [6.45, 7) is 1.70. The van der Waals surface area contributed by atoms with Crippen molar-refractivity contribution in [1.82, 2.24) is 4.90 Å². The highest BCUT2D eigenvalue weighted by Gasteiger charge is 2.24. The monoisotopic (exact) mass is 335 g/mol. The summed E-state index contributed by atoms with van der Waals surface area (Å²) in [7, 11) is 3.02. The van der Waals surface area contributed by atoms with Gasteiger partial charge in [-0.05, 0) is 25.3 Å². The fraction of sp³-hybridized carbons (Fsp3) is 0.529. The topological polar surface area (TPSA) is 93.9 Å². The number of methoxy groups -OCH3 is 2. The van der Waals surface area contributed by atoms with Crippen LogP contribution in [0.2, 0.25) is 0 Å². The van der Waals surface area contributed by atoms with Gasteiger partial charge in [-0.3, -0.25) is 9.59 Å². The molecule has 0 spiro atoms. The SMILES string of the molecule is COc1cc(NC(=O)CCN)c(C(=O)N2CCCCC2)cc1OC. The molecule has 7 nitrogen and oxygen atoms in total. The van der Waals surface area contributed by atoms with E-state index in [2.05, 4.69) is 5.32 Å². The van der Waals surface area contributed by atoms with Gasteiger partial charge in [-0.25, -0.2) is 0 Å². The molecule has 2 amide bonds. The predicted molar refractivity (Wildman–Crippen MR) is 91.6 cm³/mol. The maximum atomic E-state index is 12.9. The fourth-order valence-corrected chi connectivity index (χ4v) is 2.77. The number of nitrogens with two attached hydrogens (primary N) is 1. The second kappa shape index (κ2) is 8.54. The van der Waals surface area contributed by atoms with Gasteiger partial charge in [-0.1, -0.05) is 0 Å². The molecule has 1 heterocycles. The number of nitrogens with one attached hydrogen (secondary N) is 1. The normalized spacial score (nSPS) is 14.2. The van der Waals surface area contributed by atoms with Crippen molar-refractivity contribution in [3.05, 3.63) is 17.7 Å². The Balaban J connectivity index is 2.37. The van der Waals surface area contributed by atoms with Crippen molar-refractivity contribution in [3.63, 3.8) is 0 Å². The Hall–Kier alpha value is -2.28. The van der Waals surface area contributed by atoms with Gasteiger partial charge in [0.05, 0.1) is 25.5 Å². The predicted octanol–water partition coefficient (Wildman–Crippen LogP) is 1.62. The van der Waals surface area contributed by atoms with Gasteiger partial charge < -0.3 is 25.4 Å². The molecular formula is C17H25N3O4. The number of carbonyl (C=O) groups is 2. The number of piperidine rings is 1. The summed E-state index contributed by atoms with van der Waals surface area (Å²) in [4.78, 5) is 26.6. The fourth-order valence-electron chi connectivity index (χ4n) is 2.77. The summed E-state index contributed by atoms with van der Waals surface area (Å²) in [5, 5.41) is 2.76. The van der Waals surface area contributed by atoms with Gasteiger partial charge in [-0.15, -0.1) is 0 Å². The maximum Gasteiger partial charge on any atom is 0.256 e. The molecule has 0 saturated carbocycles. The van der Waals surface area contributed by atoms with Crippen LogP contribution in [-0.4, -0.2) is 50.6 Å². The van der Waals surface area contributed by atoms with Crippen molar-refractivity contribution >= 4 is 17.5 Å². The molecule has 1 aromatic rings. The van der Waals surface area contributed by atoms with Crippen LogP contribution in [-0.2, 0) is 4.79 Å². The van der Waals surface area contributed by atoms with Crippen LogP contribution in [0.4, 0.5) is 5.69 Å². The quantitative estimate of drug-likeness (QED) is 0.824. The van der Waals surface area contributed by atoms with Crippen LogP contribution < -0.4 is 20.5 Å². The minimum atomic E-state index is -0.239. The van der Waals surface area contributed by atoms with Crippen LogP contribution in [0.25, 0.3) is 0 Å². The molecule has 0 aromatic heterocycles. The number of nitrogens with zero attached hydrogens (tertiary/aromatic N) is 1. The highest BCUT2D eigenvalue weighted by Crippen LogP contribution is 2.34. The van der Waals surface area contributed by atoms with E-state index < -0.39 is 0 Å². The molecule has 1 fully saturated rings. The largest absolute Gasteiger partial charge is 0.493 e. The zero-order chi connectivity index (χ0) is 17.5. The Bertz CT molecular complexity index is 598. The van der Waals surface area contributed by atoms with Gasteiger partial charge >= 0.3 is 0 Å². The standard InChI is InChI=1S/C17H25N3O4/c1-23-14-10-12(17(22)20-8-4-3-5-9-20)13(11-15(14)24-2)19-16(21)6-7-18/h10-11H,3-9,18H2,1-2H3,(H,19,21). The number of hydrogen-bond acceptors (Lipinski definition) is 5. The van der Waals surface area contributed by atoms with Crippen LogP contribution in [0, 0.1) is 0 Å². The van der Waals surface area contributed by atoms with Crippen molar-refractivity contribution in [2.75, 3.05) is 39.2 Å². The first kappa shape index (κ1) is 18.1. The zero-order valence-electron chi connectivity index (χ0n) is 14.3. The van der Waals surface area contributed by atoms with Crippen molar-refractivity contribution in [2.45, 2.75) is 25.7 Å². The van der Waals surface area contributed by atoms with Gasteiger partial charge in [-0.2, -0.15) is 0 Å². The highest BCUT2D eigenvalue weighted by atomic mass is 16.5. The van der Waals surface area contributed by atoms with Gasteiger partial charge in [0, 0.05) is 32.1 Å². The van der Waals surface area contributed by atoms with E-state index in [1.807, 2.05) is 4.90 Å². The minimum Gasteiger partial charge on any atom is -0.493 e. The number of anilines is 1. The summed E-state index contributed by atoms with van der Waals surface area (Å²) < 4.78 is 10.6. The molecule has 132 valence electrons. The second-order valence-electron chi connectivity index (χ2n) is 5.69. The molecule has 0 bridgehead atoms. The first-order valence-corrected chi connectivity index (χ1v) is 8.16. The van der Waals surface area contributed by atoms with E-state index in [0.29, 0.717) is 22.7 Å². The first-order chi connectivity index (χ1) is 11.6. The van der Waals surface area contributed by atoms with Crippen molar-refractivity contribution in [1.29, 1.82) is 0 Å². The van der Waals surface area contributed by atoms with Crippen molar-refractivity contribution in [2.24, 2.45) is 5.73 Å². The van der Waals surface area contributed by atoms with Crippen LogP contribution in [0.1, 0.15) is 36.0 Å². The number of likely N-dealkylation sites (tertiary alicyclic amines) is 1. The Morgan fingerprint density at radius 3 is 2.33 bits per heavy atom. The zero-order valence-corrected chi connectivity index (χ0v) is 14.3. The number of hydrogen-bond donors (Lipinski definition) is 2. The lowest BCUT2D eigenvalue weighted by Crippen LogP contribution is -2.36. The van der Waals surface area contributed by atoms with Crippen LogP contribution in [0.15, 0.2) is 12.1 Å². The first-order valence-electron chi connectivity index (χ1n) is 8.16. The maximum absolute atomic E-state index is 12.9. The molecule has 7 heteroatoms. The highest BCUT2D eigenvalue weighted by molar-refractivity contribution is 6.04.